The fourth-order valence-electron chi connectivity index (χ4n) is 3.14. The molecule has 1 heterocycles. The molecule has 0 amide bonds. The summed E-state index contributed by atoms with van der Waals surface area (Å²) in [6, 6.07) is 8.79. The number of aromatic nitrogens is 1. The number of thiazole rings is 1. The lowest BCUT2D eigenvalue weighted by Crippen LogP contribution is -2.23. The van der Waals surface area contributed by atoms with Gasteiger partial charge in [0.15, 0.2) is 16.0 Å². The standard InChI is InChI=1S/C19H12BrClN2O2S/c1-9-6-13(20)14-15(16(9)22-7-10-8-23-19(21)26-10)18(25)12-5-3-2-4-11(12)17(14)24/h2-6,8,22H,7H2,1H3. The first-order valence-corrected chi connectivity index (χ1v) is 9.81. The average molecular weight is 448 g/mol. The minimum absolute atomic E-state index is 0.147. The number of rotatable bonds is 3. The van der Waals surface area contributed by atoms with Crippen LogP contribution in [0.25, 0.3) is 0 Å². The zero-order valence-electron chi connectivity index (χ0n) is 13.6. The second-order valence-corrected chi connectivity index (χ2v) is 8.49. The Morgan fingerprint density at radius 1 is 1.15 bits per heavy atom. The SMILES string of the molecule is Cc1cc(Br)c2c(c1NCc1cnc(Cl)s1)C(=O)c1ccccc1C2=O. The lowest BCUT2D eigenvalue weighted by atomic mass is 9.82. The number of aryl methyl sites for hydroxylation is 1. The Morgan fingerprint density at radius 2 is 1.81 bits per heavy atom. The normalized spacial score (nSPS) is 12.7. The molecule has 7 heteroatoms. The first kappa shape index (κ1) is 17.4. The number of benzene rings is 2. The monoisotopic (exact) mass is 446 g/mol. The molecule has 2 aromatic carbocycles. The van der Waals surface area contributed by atoms with Gasteiger partial charge in [0, 0.05) is 32.4 Å². The smallest absolute Gasteiger partial charge is 0.196 e. The van der Waals surface area contributed by atoms with Crippen molar-refractivity contribution in [2.45, 2.75) is 13.5 Å². The van der Waals surface area contributed by atoms with Gasteiger partial charge in [-0.15, -0.1) is 11.3 Å². The third-order valence-corrected chi connectivity index (χ3v) is 6.05. The van der Waals surface area contributed by atoms with Crippen LogP contribution in [0.15, 0.2) is 41.0 Å². The molecular weight excluding hydrogens is 436 g/mol. The van der Waals surface area contributed by atoms with E-state index in [-0.39, 0.29) is 11.6 Å². The largest absolute Gasteiger partial charge is 0.379 e. The number of carbonyl (C=O) groups excluding carboxylic acids is 2. The van der Waals surface area contributed by atoms with E-state index in [4.69, 9.17) is 11.6 Å². The Morgan fingerprint density at radius 3 is 2.42 bits per heavy atom. The molecule has 0 spiro atoms. The van der Waals surface area contributed by atoms with Crippen molar-refractivity contribution in [2.24, 2.45) is 0 Å². The number of nitrogens with zero attached hydrogens (tertiary/aromatic N) is 1. The Balaban J connectivity index is 1.84. The molecule has 1 aliphatic carbocycles. The maximum absolute atomic E-state index is 13.2. The Bertz CT molecular complexity index is 1080. The van der Waals surface area contributed by atoms with Crippen LogP contribution in [-0.2, 0) is 6.54 Å². The summed E-state index contributed by atoms with van der Waals surface area (Å²) in [5, 5.41) is 3.30. The van der Waals surface area contributed by atoms with Gasteiger partial charge < -0.3 is 5.32 Å². The van der Waals surface area contributed by atoms with Gasteiger partial charge in [-0.2, -0.15) is 0 Å². The van der Waals surface area contributed by atoms with Crippen molar-refractivity contribution in [3.8, 4) is 0 Å². The summed E-state index contributed by atoms with van der Waals surface area (Å²) in [6.07, 6.45) is 1.70. The van der Waals surface area contributed by atoms with Crippen LogP contribution in [0.5, 0.6) is 0 Å². The highest BCUT2D eigenvalue weighted by Gasteiger charge is 2.34. The summed E-state index contributed by atoms with van der Waals surface area (Å²) >= 11 is 10.7. The van der Waals surface area contributed by atoms with Gasteiger partial charge in [-0.05, 0) is 34.5 Å². The highest BCUT2D eigenvalue weighted by molar-refractivity contribution is 9.10. The van der Waals surface area contributed by atoms with E-state index in [1.165, 1.54) is 11.3 Å². The number of hydrogen-bond donors (Lipinski definition) is 1. The van der Waals surface area contributed by atoms with E-state index in [2.05, 4.69) is 26.2 Å². The Hall–Kier alpha value is -2.02. The lowest BCUT2D eigenvalue weighted by Gasteiger charge is -2.23. The topological polar surface area (TPSA) is 59.1 Å². The molecule has 0 radical (unpaired) electrons. The molecule has 0 aliphatic heterocycles. The third-order valence-electron chi connectivity index (χ3n) is 4.31. The minimum Gasteiger partial charge on any atom is -0.379 e. The maximum atomic E-state index is 13.2. The van der Waals surface area contributed by atoms with Crippen LogP contribution in [0.4, 0.5) is 5.69 Å². The van der Waals surface area contributed by atoms with Gasteiger partial charge in [-0.1, -0.05) is 35.9 Å². The summed E-state index contributed by atoms with van der Waals surface area (Å²) in [6.45, 7) is 2.38. The van der Waals surface area contributed by atoms with Gasteiger partial charge in [-0.25, -0.2) is 4.98 Å². The van der Waals surface area contributed by atoms with Crippen molar-refractivity contribution >= 4 is 56.1 Å². The molecule has 4 nitrogen and oxygen atoms in total. The Labute approximate surface area is 167 Å². The first-order valence-electron chi connectivity index (χ1n) is 7.83. The van der Waals surface area contributed by atoms with Gasteiger partial charge in [0.1, 0.15) is 0 Å². The molecule has 4 rings (SSSR count). The molecule has 1 aromatic heterocycles. The van der Waals surface area contributed by atoms with E-state index >= 15 is 0 Å². The van der Waals surface area contributed by atoms with E-state index < -0.39 is 0 Å². The summed E-state index contributed by atoms with van der Waals surface area (Å²) in [7, 11) is 0. The molecular formula is C19H12BrClN2O2S. The van der Waals surface area contributed by atoms with Crippen LogP contribution in [-0.4, -0.2) is 16.6 Å². The molecule has 1 aliphatic rings. The highest BCUT2D eigenvalue weighted by atomic mass is 79.9. The predicted molar refractivity (Wildman–Crippen MR) is 107 cm³/mol. The van der Waals surface area contributed by atoms with Crippen LogP contribution in [0.3, 0.4) is 0 Å². The van der Waals surface area contributed by atoms with Crippen molar-refractivity contribution in [3.63, 3.8) is 0 Å². The Kier molecular flexibility index (Phi) is 4.42. The van der Waals surface area contributed by atoms with Crippen LogP contribution >= 0.6 is 38.9 Å². The van der Waals surface area contributed by atoms with E-state index in [1.54, 1.807) is 30.5 Å². The second kappa shape index (κ2) is 6.61. The zero-order chi connectivity index (χ0) is 18.4. The summed E-state index contributed by atoms with van der Waals surface area (Å²) in [5.41, 5.74) is 3.24. The molecule has 26 heavy (non-hydrogen) atoms. The van der Waals surface area contributed by atoms with Crippen molar-refractivity contribution in [2.75, 3.05) is 5.32 Å². The van der Waals surface area contributed by atoms with E-state index in [9.17, 15) is 9.59 Å². The molecule has 130 valence electrons. The van der Waals surface area contributed by atoms with E-state index in [1.807, 2.05) is 13.0 Å². The van der Waals surface area contributed by atoms with Crippen LogP contribution in [0, 0.1) is 6.92 Å². The molecule has 1 N–H and O–H groups in total. The van der Waals surface area contributed by atoms with Crippen LogP contribution < -0.4 is 5.32 Å². The van der Waals surface area contributed by atoms with Gasteiger partial charge in [0.25, 0.3) is 0 Å². The summed E-state index contributed by atoms with van der Waals surface area (Å²) in [4.78, 5) is 31.1. The maximum Gasteiger partial charge on any atom is 0.196 e. The number of carbonyl (C=O) groups is 2. The predicted octanol–water partition coefficient (Wildman–Crippen LogP) is 5.25. The zero-order valence-corrected chi connectivity index (χ0v) is 16.8. The number of ketones is 2. The van der Waals surface area contributed by atoms with Gasteiger partial charge in [0.2, 0.25) is 0 Å². The molecule has 0 fully saturated rings. The molecule has 0 saturated carbocycles. The van der Waals surface area contributed by atoms with Gasteiger partial charge in [-0.3, -0.25) is 9.59 Å². The summed E-state index contributed by atoms with van der Waals surface area (Å²) in [5.74, 6) is -0.296. The molecule has 3 aromatic rings. The van der Waals surface area contributed by atoms with E-state index in [0.29, 0.717) is 43.4 Å². The quantitative estimate of drug-likeness (QED) is 0.466. The van der Waals surface area contributed by atoms with Crippen molar-refractivity contribution in [1.29, 1.82) is 0 Å². The fraction of sp³-hybridized carbons (Fsp3) is 0.105. The van der Waals surface area contributed by atoms with E-state index in [0.717, 1.165) is 10.4 Å². The third kappa shape index (κ3) is 2.78. The second-order valence-electron chi connectivity index (χ2n) is 5.94. The van der Waals surface area contributed by atoms with Crippen molar-refractivity contribution < 1.29 is 9.59 Å². The number of anilines is 1. The fourth-order valence-corrected chi connectivity index (χ4v) is 4.78. The van der Waals surface area contributed by atoms with Gasteiger partial charge in [0.05, 0.1) is 17.7 Å². The number of fused-ring (bicyclic) bond motifs is 2. The van der Waals surface area contributed by atoms with Crippen molar-refractivity contribution in [1.82, 2.24) is 4.98 Å². The first-order chi connectivity index (χ1) is 12.5. The van der Waals surface area contributed by atoms with Crippen LogP contribution in [0.2, 0.25) is 4.47 Å². The van der Waals surface area contributed by atoms with Crippen molar-refractivity contribution in [3.05, 3.63) is 78.2 Å². The molecule has 0 unspecified atom stereocenters. The van der Waals surface area contributed by atoms with Crippen LogP contribution in [0.1, 0.15) is 42.3 Å². The molecule has 0 saturated heterocycles. The average Bonchev–Trinajstić information content (AvgIpc) is 3.04. The number of nitrogens with one attached hydrogen (secondary N) is 1. The molecule has 0 atom stereocenters. The minimum atomic E-state index is -0.149. The number of halogens is 2. The summed E-state index contributed by atoms with van der Waals surface area (Å²) < 4.78 is 1.10. The number of hydrogen-bond acceptors (Lipinski definition) is 5. The van der Waals surface area contributed by atoms with Gasteiger partial charge >= 0.3 is 0 Å². The highest BCUT2D eigenvalue weighted by Crippen LogP contribution is 2.38. The lowest BCUT2D eigenvalue weighted by molar-refractivity contribution is 0.0979. The molecule has 0 bridgehead atoms.